The lowest BCUT2D eigenvalue weighted by Crippen LogP contribution is -2.49. The summed E-state index contributed by atoms with van der Waals surface area (Å²) in [6.45, 7) is 1.35. The molecule has 0 spiro atoms. The van der Waals surface area contributed by atoms with Gasteiger partial charge in [0.2, 0.25) is 0 Å². The maximum Gasteiger partial charge on any atom is 0.125 e. The van der Waals surface area contributed by atoms with E-state index in [1.54, 1.807) is 0 Å². The molecule has 7 heteroatoms. The molecule has 0 radical (unpaired) electrons. The Kier molecular flexibility index (Phi) is 5.00. The van der Waals surface area contributed by atoms with E-state index in [1.165, 1.54) is 18.7 Å². The number of thioether (sulfide) groups is 1. The van der Waals surface area contributed by atoms with E-state index in [0.717, 1.165) is 5.56 Å². The van der Waals surface area contributed by atoms with E-state index >= 15 is 0 Å². The third-order valence-corrected chi connectivity index (χ3v) is 4.25. The Hall–Kier alpha value is -1.12. The highest BCUT2D eigenvalue weighted by Crippen LogP contribution is 2.26. The van der Waals surface area contributed by atoms with E-state index in [9.17, 15) is 20.4 Å². The quantitative estimate of drug-likeness (QED) is 0.501. The molecule has 0 fully saturated rings. The molecule has 20 heavy (non-hydrogen) atoms. The van der Waals surface area contributed by atoms with Crippen molar-refractivity contribution in [3.63, 3.8) is 0 Å². The van der Waals surface area contributed by atoms with Crippen LogP contribution < -0.4 is 5.43 Å². The molecule has 0 saturated heterocycles. The van der Waals surface area contributed by atoms with Crippen LogP contribution >= 0.6 is 11.8 Å². The first kappa shape index (κ1) is 15.3. The SMILES string of the molecule is C[C@@H](O)[C@H](O)[C@H](O)[C@H](O)[C@@H]1NN=C(c2ccccc2)S1. The average molecular weight is 298 g/mol. The summed E-state index contributed by atoms with van der Waals surface area (Å²) < 4.78 is 0. The van der Waals surface area contributed by atoms with Gasteiger partial charge in [0.05, 0.1) is 6.10 Å². The third kappa shape index (κ3) is 3.31. The van der Waals surface area contributed by atoms with Crippen LogP contribution in [0.5, 0.6) is 0 Å². The molecular formula is C13H18N2O4S. The summed E-state index contributed by atoms with van der Waals surface area (Å²) in [7, 11) is 0. The molecule has 6 nitrogen and oxygen atoms in total. The molecule has 0 aliphatic carbocycles. The molecule has 0 aromatic heterocycles. The Morgan fingerprint density at radius 3 is 2.35 bits per heavy atom. The van der Waals surface area contributed by atoms with E-state index in [1.807, 2.05) is 30.3 Å². The number of hydrazone groups is 1. The van der Waals surface area contributed by atoms with Gasteiger partial charge < -0.3 is 20.4 Å². The number of benzene rings is 1. The van der Waals surface area contributed by atoms with Crippen LogP contribution in [-0.2, 0) is 0 Å². The third-order valence-electron chi connectivity index (χ3n) is 3.06. The van der Waals surface area contributed by atoms with Crippen LogP contribution in [0.2, 0.25) is 0 Å². The van der Waals surface area contributed by atoms with Crippen molar-refractivity contribution in [3.8, 4) is 0 Å². The smallest absolute Gasteiger partial charge is 0.125 e. The number of aliphatic hydroxyl groups is 4. The summed E-state index contributed by atoms with van der Waals surface area (Å²) in [4.78, 5) is 0. The largest absolute Gasteiger partial charge is 0.391 e. The second-order valence-electron chi connectivity index (χ2n) is 4.66. The van der Waals surface area contributed by atoms with Crippen molar-refractivity contribution < 1.29 is 20.4 Å². The molecule has 0 amide bonds. The zero-order valence-electron chi connectivity index (χ0n) is 10.9. The Bertz CT molecular complexity index is 469. The maximum absolute atomic E-state index is 10.0. The van der Waals surface area contributed by atoms with Gasteiger partial charge in [0.25, 0.3) is 0 Å². The summed E-state index contributed by atoms with van der Waals surface area (Å²) in [5, 5.41) is 42.9. The van der Waals surface area contributed by atoms with Crippen molar-refractivity contribution in [3.05, 3.63) is 35.9 Å². The second kappa shape index (κ2) is 6.55. The molecule has 1 aliphatic heterocycles. The van der Waals surface area contributed by atoms with Gasteiger partial charge in [-0.15, -0.1) is 0 Å². The van der Waals surface area contributed by atoms with Gasteiger partial charge in [0.1, 0.15) is 28.7 Å². The molecule has 5 N–H and O–H groups in total. The van der Waals surface area contributed by atoms with Crippen LogP contribution in [-0.4, -0.2) is 55.3 Å². The molecule has 1 aromatic carbocycles. The highest BCUT2D eigenvalue weighted by atomic mass is 32.2. The van der Waals surface area contributed by atoms with E-state index in [-0.39, 0.29) is 0 Å². The van der Waals surface area contributed by atoms with Crippen molar-refractivity contribution in [2.45, 2.75) is 36.7 Å². The maximum atomic E-state index is 10.0. The van der Waals surface area contributed by atoms with Crippen molar-refractivity contribution in [1.29, 1.82) is 0 Å². The lowest BCUT2D eigenvalue weighted by Gasteiger charge is -2.27. The lowest BCUT2D eigenvalue weighted by atomic mass is 10.0. The van der Waals surface area contributed by atoms with E-state index < -0.39 is 29.8 Å². The summed E-state index contributed by atoms with van der Waals surface area (Å²) >= 11 is 1.27. The van der Waals surface area contributed by atoms with Crippen LogP contribution in [0.25, 0.3) is 0 Å². The fourth-order valence-electron chi connectivity index (χ4n) is 1.82. The first-order chi connectivity index (χ1) is 9.50. The molecule has 0 saturated carbocycles. The van der Waals surface area contributed by atoms with Gasteiger partial charge in [-0.1, -0.05) is 42.1 Å². The van der Waals surface area contributed by atoms with Gasteiger partial charge in [-0.25, -0.2) is 0 Å². The first-order valence-corrected chi connectivity index (χ1v) is 7.16. The Balaban J connectivity index is 1.97. The molecule has 0 bridgehead atoms. The van der Waals surface area contributed by atoms with Crippen molar-refractivity contribution in [1.82, 2.24) is 5.43 Å². The van der Waals surface area contributed by atoms with Crippen LogP contribution in [0.15, 0.2) is 35.4 Å². The van der Waals surface area contributed by atoms with E-state index in [0.29, 0.717) is 5.04 Å². The molecule has 1 aliphatic rings. The number of rotatable bonds is 5. The monoisotopic (exact) mass is 298 g/mol. The fraction of sp³-hybridized carbons (Fsp3) is 0.462. The van der Waals surface area contributed by atoms with Crippen LogP contribution in [0.3, 0.4) is 0 Å². The first-order valence-electron chi connectivity index (χ1n) is 6.28. The number of aliphatic hydroxyl groups excluding tert-OH is 4. The molecule has 1 aromatic rings. The molecular weight excluding hydrogens is 280 g/mol. The van der Waals surface area contributed by atoms with Crippen molar-refractivity contribution in [2.75, 3.05) is 0 Å². The minimum atomic E-state index is -1.45. The topological polar surface area (TPSA) is 105 Å². The van der Waals surface area contributed by atoms with Gasteiger partial charge in [0.15, 0.2) is 0 Å². The lowest BCUT2D eigenvalue weighted by molar-refractivity contribution is -0.101. The normalized spacial score (nSPS) is 24.4. The molecule has 110 valence electrons. The van der Waals surface area contributed by atoms with Crippen LogP contribution in [0.4, 0.5) is 0 Å². The number of hydrogen-bond donors (Lipinski definition) is 5. The number of nitrogens with zero attached hydrogens (tertiary/aromatic N) is 1. The second-order valence-corrected chi connectivity index (χ2v) is 5.79. The zero-order valence-corrected chi connectivity index (χ0v) is 11.7. The minimum absolute atomic E-state index is 0.575. The molecule has 0 unspecified atom stereocenters. The van der Waals surface area contributed by atoms with E-state index in [4.69, 9.17) is 0 Å². The fourth-order valence-corrected chi connectivity index (χ4v) is 2.85. The summed E-state index contributed by atoms with van der Waals surface area (Å²) in [6, 6.07) is 9.45. The van der Waals surface area contributed by atoms with Crippen molar-refractivity contribution >= 4 is 16.8 Å². The number of hydrogen-bond acceptors (Lipinski definition) is 7. The van der Waals surface area contributed by atoms with Gasteiger partial charge in [-0.05, 0) is 6.92 Å². The van der Waals surface area contributed by atoms with Gasteiger partial charge >= 0.3 is 0 Å². The minimum Gasteiger partial charge on any atom is -0.391 e. The molecule has 5 atom stereocenters. The van der Waals surface area contributed by atoms with Crippen LogP contribution in [0, 0.1) is 0 Å². The highest BCUT2D eigenvalue weighted by molar-refractivity contribution is 8.15. The summed E-state index contributed by atoms with van der Waals surface area (Å²) in [5.41, 5.74) is 3.64. The standard InChI is InChI=1S/C13H18N2O4S/c1-7(16)9(17)10(18)11(19)13-15-14-12(20-13)8-5-3-2-4-6-8/h2-7,9-11,13,15-19H,1H3/t7-,9+,10+,11+,13-/m1/s1. The average Bonchev–Trinajstić information content (AvgIpc) is 2.95. The van der Waals surface area contributed by atoms with Gasteiger partial charge in [-0.3, -0.25) is 5.43 Å². The van der Waals surface area contributed by atoms with Crippen LogP contribution in [0.1, 0.15) is 12.5 Å². The van der Waals surface area contributed by atoms with Gasteiger partial charge in [0, 0.05) is 5.56 Å². The van der Waals surface area contributed by atoms with Crippen molar-refractivity contribution in [2.24, 2.45) is 5.10 Å². The predicted octanol–water partition coefficient (Wildman–Crippen LogP) is -0.526. The highest BCUT2D eigenvalue weighted by Gasteiger charge is 2.36. The Morgan fingerprint density at radius 1 is 1.10 bits per heavy atom. The Morgan fingerprint density at radius 2 is 1.75 bits per heavy atom. The zero-order chi connectivity index (χ0) is 14.7. The molecule has 1 heterocycles. The van der Waals surface area contributed by atoms with Gasteiger partial charge in [-0.2, -0.15) is 5.10 Å². The predicted molar refractivity (Wildman–Crippen MR) is 77.2 cm³/mol. The summed E-state index contributed by atoms with van der Waals surface area (Å²) in [5.74, 6) is 0. The molecule has 2 rings (SSSR count). The summed E-state index contributed by atoms with van der Waals surface area (Å²) in [6.07, 6.45) is -5.24. The Labute approximate surface area is 121 Å². The number of nitrogens with one attached hydrogen (secondary N) is 1. The van der Waals surface area contributed by atoms with E-state index in [2.05, 4.69) is 10.5 Å².